The summed E-state index contributed by atoms with van der Waals surface area (Å²) >= 11 is 5.85. The number of ether oxygens (including phenoxy) is 1. The number of amides is 1. The molecule has 8 heteroatoms. The second-order valence-corrected chi connectivity index (χ2v) is 6.05. The Morgan fingerprint density at radius 2 is 2.04 bits per heavy atom. The zero-order valence-corrected chi connectivity index (χ0v) is 14.9. The molecule has 0 fully saturated rings. The van der Waals surface area contributed by atoms with Gasteiger partial charge in [0.1, 0.15) is 18.1 Å². The first-order chi connectivity index (χ1) is 13.1. The first-order valence-corrected chi connectivity index (χ1v) is 8.48. The highest BCUT2D eigenvalue weighted by atomic mass is 35.5. The molecule has 3 N–H and O–H groups in total. The predicted octanol–water partition coefficient (Wildman–Crippen LogP) is 3.00. The normalized spacial score (nSPS) is 10.6. The third-order valence-electron chi connectivity index (χ3n) is 3.76. The molecule has 140 valence electrons. The number of carbonyl (C=O) groups is 1. The molecule has 0 atom stereocenters. The van der Waals surface area contributed by atoms with Crippen LogP contribution in [0.3, 0.4) is 0 Å². The third-order valence-corrected chi connectivity index (χ3v) is 4.01. The molecule has 2 aromatic carbocycles. The summed E-state index contributed by atoms with van der Waals surface area (Å²) in [5, 5.41) is 22.7. The van der Waals surface area contributed by atoms with Crippen molar-refractivity contribution in [2.45, 2.75) is 6.54 Å². The summed E-state index contributed by atoms with van der Waals surface area (Å²) in [6.07, 6.45) is 2.67. The molecule has 0 radical (unpaired) electrons. The van der Waals surface area contributed by atoms with Gasteiger partial charge in [0.25, 0.3) is 5.91 Å². The minimum Gasteiger partial charge on any atom is -0.507 e. The van der Waals surface area contributed by atoms with E-state index in [1.54, 1.807) is 24.3 Å². The van der Waals surface area contributed by atoms with Gasteiger partial charge in [-0.15, -0.1) is 0 Å². The number of rotatable bonds is 7. The molecule has 3 aromatic rings. The molecule has 0 aliphatic carbocycles. The quantitative estimate of drug-likeness (QED) is 0.574. The number of phenolic OH excluding ortho intramolecular Hbond substituents is 1. The van der Waals surface area contributed by atoms with Gasteiger partial charge < -0.3 is 24.7 Å². The SMILES string of the molecule is O=C(NCc1ccc(Cl)cc1)c1cc(O)c(-c2cnco2)cc1OCCO. The number of benzene rings is 2. The maximum atomic E-state index is 12.6. The Labute approximate surface area is 160 Å². The van der Waals surface area contributed by atoms with E-state index in [1.165, 1.54) is 24.7 Å². The van der Waals surface area contributed by atoms with E-state index in [1.807, 2.05) is 0 Å². The number of nitrogens with zero attached hydrogens (tertiary/aromatic N) is 1. The van der Waals surface area contributed by atoms with E-state index in [0.717, 1.165) is 5.56 Å². The van der Waals surface area contributed by atoms with Gasteiger partial charge in [0, 0.05) is 11.6 Å². The molecule has 0 bridgehead atoms. The van der Waals surface area contributed by atoms with Gasteiger partial charge in [0.2, 0.25) is 0 Å². The maximum Gasteiger partial charge on any atom is 0.255 e. The van der Waals surface area contributed by atoms with Crippen molar-refractivity contribution in [3.05, 3.63) is 65.1 Å². The molecule has 0 spiro atoms. The molecular formula is C19H17ClN2O5. The summed E-state index contributed by atoms with van der Waals surface area (Å²) in [5.74, 6) is -0.0478. The van der Waals surface area contributed by atoms with E-state index in [4.69, 9.17) is 25.9 Å². The molecule has 1 heterocycles. The van der Waals surface area contributed by atoms with Gasteiger partial charge in [-0.05, 0) is 29.8 Å². The fourth-order valence-corrected chi connectivity index (χ4v) is 2.57. The van der Waals surface area contributed by atoms with Crippen molar-refractivity contribution in [2.24, 2.45) is 0 Å². The maximum absolute atomic E-state index is 12.6. The van der Waals surface area contributed by atoms with E-state index in [0.29, 0.717) is 16.3 Å². The monoisotopic (exact) mass is 388 g/mol. The van der Waals surface area contributed by atoms with Crippen molar-refractivity contribution in [3.8, 4) is 22.8 Å². The number of oxazole rings is 1. The number of hydrogen-bond donors (Lipinski definition) is 3. The van der Waals surface area contributed by atoms with Crippen molar-refractivity contribution < 1.29 is 24.2 Å². The number of aliphatic hydroxyl groups is 1. The van der Waals surface area contributed by atoms with Crippen LogP contribution in [0.5, 0.6) is 11.5 Å². The van der Waals surface area contributed by atoms with Crippen molar-refractivity contribution in [2.75, 3.05) is 13.2 Å². The van der Waals surface area contributed by atoms with Crippen LogP contribution >= 0.6 is 11.6 Å². The lowest BCUT2D eigenvalue weighted by Gasteiger charge is -2.14. The van der Waals surface area contributed by atoms with E-state index in [-0.39, 0.29) is 36.8 Å². The zero-order chi connectivity index (χ0) is 19.2. The number of phenols is 1. The Bertz CT molecular complexity index is 911. The molecule has 0 aliphatic heterocycles. The molecule has 3 rings (SSSR count). The van der Waals surface area contributed by atoms with Crippen LogP contribution < -0.4 is 10.1 Å². The number of aliphatic hydroxyl groups excluding tert-OH is 1. The average molecular weight is 389 g/mol. The fourth-order valence-electron chi connectivity index (χ4n) is 2.45. The van der Waals surface area contributed by atoms with Crippen LogP contribution in [-0.4, -0.2) is 34.3 Å². The highest BCUT2D eigenvalue weighted by Crippen LogP contribution is 2.35. The molecule has 0 aliphatic rings. The van der Waals surface area contributed by atoms with Gasteiger partial charge in [-0.1, -0.05) is 23.7 Å². The average Bonchev–Trinajstić information content (AvgIpc) is 3.20. The Kier molecular flexibility index (Phi) is 5.95. The molecular weight excluding hydrogens is 372 g/mol. The Balaban J connectivity index is 1.84. The number of carbonyl (C=O) groups excluding carboxylic acids is 1. The topological polar surface area (TPSA) is 105 Å². The summed E-state index contributed by atoms with van der Waals surface area (Å²) in [6, 6.07) is 9.84. The minimum absolute atomic E-state index is 0.00190. The van der Waals surface area contributed by atoms with Gasteiger partial charge in [-0.3, -0.25) is 4.79 Å². The van der Waals surface area contributed by atoms with E-state index in [2.05, 4.69) is 10.3 Å². The summed E-state index contributed by atoms with van der Waals surface area (Å²) in [7, 11) is 0. The van der Waals surface area contributed by atoms with Gasteiger partial charge in [0.05, 0.1) is 23.9 Å². The standard InChI is InChI=1S/C19H17ClN2O5/c20-13-3-1-12(2-4-13)9-22-19(25)15-7-16(24)14(18-10-21-11-27-18)8-17(15)26-6-5-23/h1-4,7-8,10-11,23-24H,5-6,9H2,(H,22,25). The van der Waals surface area contributed by atoms with Gasteiger partial charge in [-0.25, -0.2) is 4.98 Å². The largest absolute Gasteiger partial charge is 0.507 e. The molecule has 1 aromatic heterocycles. The Morgan fingerprint density at radius 1 is 1.26 bits per heavy atom. The smallest absolute Gasteiger partial charge is 0.255 e. The van der Waals surface area contributed by atoms with Crippen LogP contribution in [-0.2, 0) is 6.54 Å². The molecule has 27 heavy (non-hydrogen) atoms. The number of hydrogen-bond acceptors (Lipinski definition) is 6. The summed E-state index contributed by atoms with van der Waals surface area (Å²) in [6.45, 7) is 0.0580. The lowest BCUT2D eigenvalue weighted by molar-refractivity contribution is 0.0944. The van der Waals surface area contributed by atoms with Crippen molar-refractivity contribution in [1.82, 2.24) is 10.3 Å². The molecule has 0 saturated heterocycles. The Hall–Kier alpha value is -3.03. The Morgan fingerprint density at radius 3 is 2.70 bits per heavy atom. The van der Waals surface area contributed by atoms with Crippen LogP contribution in [0.4, 0.5) is 0 Å². The van der Waals surface area contributed by atoms with Gasteiger partial charge >= 0.3 is 0 Å². The number of aromatic hydroxyl groups is 1. The summed E-state index contributed by atoms with van der Waals surface area (Å²) in [5.41, 5.74) is 1.33. The second kappa shape index (κ2) is 8.57. The highest BCUT2D eigenvalue weighted by molar-refractivity contribution is 6.30. The lowest BCUT2D eigenvalue weighted by Crippen LogP contribution is -2.23. The first-order valence-electron chi connectivity index (χ1n) is 8.10. The van der Waals surface area contributed by atoms with Crippen LogP contribution in [0.2, 0.25) is 5.02 Å². The van der Waals surface area contributed by atoms with Crippen LogP contribution in [0.25, 0.3) is 11.3 Å². The predicted molar refractivity (Wildman–Crippen MR) is 98.8 cm³/mol. The lowest BCUT2D eigenvalue weighted by atomic mass is 10.1. The third kappa shape index (κ3) is 4.58. The molecule has 1 amide bonds. The molecule has 7 nitrogen and oxygen atoms in total. The van der Waals surface area contributed by atoms with Crippen molar-refractivity contribution >= 4 is 17.5 Å². The van der Waals surface area contributed by atoms with Crippen molar-refractivity contribution in [3.63, 3.8) is 0 Å². The van der Waals surface area contributed by atoms with E-state index in [9.17, 15) is 9.90 Å². The second-order valence-electron chi connectivity index (χ2n) is 5.61. The summed E-state index contributed by atoms with van der Waals surface area (Å²) in [4.78, 5) is 16.4. The zero-order valence-electron chi connectivity index (χ0n) is 14.2. The van der Waals surface area contributed by atoms with Gasteiger partial charge in [-0.2, -0.15) is 0 Å². The molecule has 0 saturated carbocycles. The van der Waals surface area contributed by atoms with E-state index >= 15 is 0 Å². The van der Waals surface area contributed by atoms with E-state index < -0.39 is 5.91 Å². The number of nitrogens with one attached hydrogen (secondary N) is 1. The number of halogens is 1. The van der Waals surface area contributed by atoms with Gasteiger partial charge in [0.15, 0.2) is 12.2 Å². The fraction of sp³-hybridized carbons (Fsp3) is 0.158. The molecule has 0 unspecified atom stereocenters. The highest BCUT2D eigenvalue weighted by Gasteiger charge is 2.19. The van der Waals surface area contributed by atoms with Crippen LogP contribution in [0.1, 0.15) is 15.9 Å². The number of aromatic nitrogens is 1. The summed E-state index contributed by atoms with van der Waals surface area (Å²) < 4.78 is 10.7. The minimum atomic E-state index is -0.433. The van der Waals surface area contributed by atoms with Crippen LogP contribution in [0.15, 0.2) is 53.4 Å². The van der Waals surface area contributed by atoms with Crippen LogP contribution in [0, 0.1) is 0 Å². The van der Waals surface area contributed by atoms with Crippen molar-refractivity contribution in [1.29, 1.82) is 0 Å². The first kappa shape index (κ1) is 18.8.